The number of amides is 1. The van der Waals surface area contributed by atoms with Gasteiger partial charge < -0.3 is 4.90 Å². The molecule has 1 aliphatic heterocycles. The molecule has 0 aliphatic carbocycles. The van der Waals surface area contributed by atoms with E-state index in [9.17, 15) is 4.79 Å². The standard InChI is InChI=1S/C23H26N4O/c1-26(2)23(28)19-10-8-17(9-11-19)16-27-14-12-20-21(13-15-27)24-25-22(20)18-6-4-3-5-7-18/h3-11H,12-16H2,1-2H3,(H,24,25). The minimum absolute atomic E-state index is 0.0424. The Labute approximate surface area is 166 Å². The molecule has 0 unspecified atom stereocenters. The minimum atomic E-state index is 0.0424. The van der Waals surface area contributed by atoms with Crippen LogP contribution in [0.3, 0.4) is 0 Å². The molecule has 0 saturated carbocycles. The zero-order valence-corrected chi connectivity index (χ0v) is 16.5. The van der Waals surface area contributed by atoms with E-state index in [1.807, 2.05) is 18.2 Å². The van der Waals surface area contributed by atoms with Gasteiger partial charge in [0, 0.05) is 62.5 Å². The van der Waals surface area contributed by atoms with Crippen molar-refractivity contribution < 1.29 is 4.79 Å². The number of rotatable bonds is 4. The molecular formula is C23H26N4O. The van der Waals surface area contributed by atoms with Gasteiger partial charge in [-0.15, -0.1) is 0 Å². The molecule has 0 saturated heterocycles. The topological polar surface area (TPSA) is 52.2 Å². The maximum absolute atomic E-state index is 12.0. The van der Waals surface area contributed by atoms with Crippen LogP contribution in [0, 0.1) is 0 Å². The highest BCUT2D eigenvalue weighted by Gasteiger charge is 2.20. The molecule has 28 heavy (non-hydrogen) atoms. The summed E-state index contributed by atoms with van der Waals surface area (Å²) in [4.78, 5) is 16.1. The summed E-state index contributed by atoms with van der Waals surface area (Å²) < 4.78 is 0. The van der Waals surface area contributed by atoms with Crippen molar-refractivity contribution in [1.29, 1.82) is 0 Å². The first-order valence-electron chi connectivity index (χ1n) is 9.76. The van der Waals surface area contributed by atoms with Gasteiger partial charge in [-0.2, -0.15) is 5.10 Å². The number of fused-ring (bicyclic) bond motifs is 1. The highest BCUT2D eigenvalue weighted by molar-refractivity contribution is 5.93. The quantitative estimate of drug-likeness (QED) is 0.762. The van der Waals surface area contributed by atoms with Gasteiger partial charge in [-0.3, -0.25) is 14.8 Å². The van der Waals surface area contributed by atoms with Crippen LogP contribution >= 0.6 is 0 Å². The molecule has 1 amide bonds. The predicted molar refractivity (Wildman–Crippen MR) is 111 cm³/mol. The fourth-order valence-corrected chi connectivity index (χ4v) is 3.79. The molecule has 5 heteroatoms. The van der Waals surface area contributed by atoms with Gasteiger partial charge in [0.1, 0.15) is 0 Å². The SMILES string of the molecule is CN(C)C(=O)c1ccc(CN2CCc3[nH]nc(-c4ccccc4)c3CC2)cc1. The normalized spacial score (nSPS) is 14.4. The number of hydrogen-bond donors (Lipinski definition) is 1. The highest BCUT2D eigenvalue weighted by atomic mass is 16.2. The number of nitrogens with one attached hydrogen (secondary N) is 1. The van der Waals surface area contributed by atoms with Crippen molar-refractivity contribution in [2.75, 3.05) is 27.2 Å². The summed E-state index contributed by atoms with van der Waals surface area (Å²) in [6.45, 7) is 2.90. The van der Waals surface area contributed by atoms with Gasteiger partial charge in [-0.1, -0.05) is 42.5 Å². The third kappa shape index (κ3) is 3.85. The monoisotopic (exact) mass is 374 g/mol. The van der Waals surface area contributed by atoms with Crippen molar-refractivity contribution in [3.8, 4) is 11.3 Å². The molecule has 1 N–H and O–H groups in total. The van der Waals surface area contributed by atoms with Crippen LogP contribution in [0.2, 0.25) is 0 Å². The smallest absolute Gasteiger partial charge is 0.253 e. The summed E-state index contributed by atoms with van der Waals surface area (Å²) in [7, 11) is 3.56. The molecular weight excluding hydrogens is 348 g/mol. The van der Waals surface area contributed by atoms with Crippen molar-refractivity contribution in [1.82, 2.24) is 20.0 Å². The average molecular weight is 374 g/mol. The number of benzene rings is 2. The van der Waals surface area contributed by atoms with Crippen LogP contribution in [0.25, 0.3) is 11.3 Å². The Morgan fingerprint density at radius 1 is 1.04 bits per heavy atom. The third-order valence-corrected chi connectivity index (χ3v) is 5.37. The van der Waals surface area contributed by atoms with Crippen molar-refractivity contribution in [2.24, 2.45) is 0 Å². The summed E-state index contributed by atoms with van der Waals surface area (Å²) >= 11 is 0. The zero-order valence-electron chi connectivity index (χ0n) is 16.5. The summed E-state index contributed by atoms with van der Waals surface area (Å²) in [6.07, 6.45) is 1.97. The van der Waals surface area contributed by atoms with Crippen molar-refractivity contribution in [2.45, 2.75) is 19.4 Å². The highest BCUT2D eigenvalue weighted by Crippen LogP contribution is 2.26. The first kappa shape index (κ1) is 18.4. The van der Waals surface area contributed by atoms with E-state index in [0.717, 1.165) is 43.7 Å². The van der Waals surface area contributed by atoms with Crippen LogP contribution in [-0.4, -0.2) is 53.1 Å². The second kappa shape index (κ2) is 7.98. The van der Waals surface area contributed by atoms with E-state index in [1.165, 1.54) is 22.4 Å². The van der Waals surface area contributed by atoms with Crippen LogP contribution in [0.4, 0.5) is 0 Å². The maximum Gasteiger partial charge on any atom is 0.253 e. The molecule has 5 nitrogen and oxygen atoms in total. The molecule has 0 spiro atoms. The number of H-pyrrole nitrogens is 1. The number of carbonyl (C=O) groups excluding carboxylic acids is 1. The molecule has 4 rings (SSSR count). The zero-order chi connectivity index (χ0) is 19.5. The van der Waals surface area contributed by atoms with E-state index in [-0.39, 0.29) is 5.91 Å². The summed E-state index contributed by atoms with van der Waals surface area (Å²) in [5.74, 6) is 0.0424. The second-order valence-corrected chi connectivity index (χ2v) is 7.57. The fraction of sp³-hybridized carbons (Fsp3) is 0.304. The molecule has 144 valence electrons. The molecule has 0 fully saturated rings. The van der Waals surface area contributed by atoms with Gasteiger partial charge in [0.2, 0.25) is 0 Å². The van der Waals surface area contributed by atoms with Crippen LogP contribution in [0.5, 0.6) is 0 Å². The van der Waals surface area contributed by atoms with Crippen LogP contribution in [0.15, 0.2) is 54.6 Å². The number of aromatic nitrogens is 2. The van der Waals surface area contributed by atoms with Gasteiger partial charge in [-0.05, 0) is 24.1 Å². The average Bonchev–Trinajstić information content (AvgIpc) is 3.03. The second-order valence-electron chi connectivity index (χ2n) is 7.57. The summed E-state index contributed by atoms with van der Waals surface area (Å²) in [6, 6.07) is 18.4. The number of hydrogen-bond acceptors (Lipinski definition) is 3. The summed E-state index contributed by atoms with van der Waals surface area (Å²) in [5, 5.41) is 7.84. The van der Waals surface area contributed by atoms with Crippen molar-refractivity contribution in [3.63, 3.8) is 0 Å². The van der Waals surface area contributed by atoms with E-state index in [1.54, 1.807) is 19.0 Å². The Morgan fingerprint density at radius 3 is 2.46 bits per heavy atom. The van der Waals surface area contributed by atoms with Gasteiger partial charge in [0.25, 0.3) is 5.91 Å². The Morgan fingerprint density at radius 2 is 1.75 bits per heavy atom. The molecule has 2 aromatic carbocycles. The number of carbonyl (C=O) groups is 1. The maximum atomic E-state index is 12.0. The summed E-state index contributed by atoms with van der Waals surface area (Å²) in [5.41, 5.74) is 6.84. The molecule has 0 atom stereocenters. The lowest BCUT2D eigenvalue weighted by Gasteiger charge is -2.20. The molecule has 3 aromatic rings. The molecule has 2 heterocycles. The van der Waals surface area contributed by atoms with E-state index >= 15 is 0 Å². The van der Waals surface area contributed by atoms with Crippen molar-refractivity contribution in [3.05, 3.63) is 77.0 Å². The first-order chi connectivity index (χ1) is 13.6. The molecule has 1 aliphatic rings. The van der Waals surface area contributed by atoms with Crippen LogP contribution in [-0.2, 0) is 19.4 Å². The minimum Gasteiger partial charge on any atom is -0.345 e. The van der Waals surface area contributed by atoms with Crippen molar-refractivity contribution >= 4 is 5.91 Å². The molecule has 0 bridgehead atoms. The largest absolute Gasteiger partial charge is 0.345 e. The Kier molecular flexibility index (Phi) is 5.26. The lowest BCUT2D eigenvalue weighted by atomic mass is 10.0. The molecule has 0 radical (unpaired) electrons. The Hall–Kier alpha value is -2.92. The molecule has 1 aromatic heterocycles. The van der Waals surface area contributed by atoms with E-state index in [0.29, 0.717) is 0 Å². The first-order valence-corrected chi connectivity index (χ1v) is 9.76. The Balaban J connectivity index is 1.44. The van der Waals surface area contributed by atoms with Gasteiger partial charge >= 0.3 is 0 Å². The number of aromatic amines is 1. The van der Waals surface area contributed by atoms with Gasteiger partial charge in [-0.25, -0.2) is 0 Å². The van der Waals surface area contributed by atoms with Gasteiger partial charge in [0.05, 0.1) is 5.69 Å². The van der Waals surface area contributed by atoms with Crippen LogP contribution in [0.1, 0.15) is 27.2 Å². The predicted octanol–water partition coefficient (Wildman–Crippen LogP) is 3.38. The van der Waals surface area contributed by atoms with E-state index < -0.39 is 0 Å². The van der Waals surface area contributed by atoms with Gasteiger partial charge in [0.15, 0.2) is 0 Å². The van der Waals surface area contributed by atoms with E-state index in [2.05, 4.69) is 51.5 Å². The van der Waals surface area contributed by atoms with Crippen LogP contribution < -0.4 is 0 Å². The third-order valence-electron chi connectivity index (χ3n) is 5.37. The van der Waals surface area contributed by atoms with E-state index in [4.69, 9.17) is 0 Å². The lowest BCUT2D eigenvalue weighted by Crippen LogP contribution is -2.26. The Bertz CT molecular complexity index is 944. The fourth-order valence-electron chi connectivity index (χ4n) is 3.79. The number of nitrogens with zero attached hydrogens (tertiary/aromatic N) is 3. The lowest BCUT2D eigenvalue weighted by molar-refractivity contribution is 0.0827.